The number of carbonyl (C=O) groups excluding carboxylic acids is 1. The molecule has 0 radical (unpaired) electrons. The van der Waals surface area contributed by atoms with Crippen molar-refractivity contribution in [3.63, 3.8) is 0 Å². The lowest BCUT2D eigenvalue weighted by Gasteiger charge is -2.41. The summed E-state index contributed by atoms with van der Waals surface area (Å²) in [6, 6.07) is 2.04. The molecule has 0 unspecified atom stereocenters. The van der Waals surface area contributed by atoms with Crippen molar-refractivity contribution < 1.29 is 14.3 Å². The summed E-state index contributed by atoms with van der Waals surface area (Å²) in [7, 11) is 7.09. The van der Waals surface area contributed by atoms with Gasteiger partial charge in [-0.1, -0.05) is 29.3 Å². The fraction of sp³-hybridized carbons (Fsp3) is 0.483. The quantitative estimate of drug-likeness (QED) is 0.405. The van der Waals surface area contributed by atoms with Crippen LogP contribution < -0.4 is 19.7 Å². The Labute approximate surface area is 246 Å². The van der Waals surface area contributed by atoms with Gasteiger partial charge in [-0.15, -0.1) is 0 Å². The van der Waals surface area contributed by atoms with E-state index in [-0.39, 0.29) is 18.0 Å². The lowest BCUT2D eigenvalue weighted by Crippen LogP contribution is -2.48. The zero-order chi connectivity index (χ0) is 29.0. The smallest absolute Gasteiger partial charge is 0.246 e. The molecule has 3 heterocycles. The highest BCUT2D eigenvalue weighted by molar-refractivity contribution is 6.39. The van der Waals surface area contributed by atoms with Crippen molar-refractivity contribution in [2.24, 2.45) is 0 Å². The molecular formula is C29H38Cl2N6O3. The van der Waals surface area contributed by atoms with Crippen molar-refractivity contribution in [2.45, 2.75) is 38.8 Å². The van der Waals surface area contributed by atoms with Crippen LogP contribution in [0.15, 0.2) is 24.4 Å². The summed E-state index contributed by atoms with van der Waals surface area (Å²) in [4.78, 5) is 28.5. The van der Waals surface area contributed by atoms with Crippen molar-refractivity contribution >= 4 is 52.5 Å². The zero-order valence-electron chi connectivity index (χ0n) is 24.0. The number of likely N-dealkylation sites (tertiary alicyclic amines) is 1. The summed E-state index contributed by atoms with van der Waals surface area (Å²) < 4.78 is 11.0. The normalized spacial score (nSPS) is 16.0. The molecule has 1 aromatic carbocycles. The first-order valence-electron chi connectivity index (χ1n) is 13.4. The van der Waals surface area contributed by atoms with Gasteiger partial charge in [-0.3, -0.25) is 4.79 Å². The highest BCUT2D eigenvalue weighted by Crippen LogP contribution is 2.46. The van der Waals surface area contributed by atoms with Gasteiger partial charge in [0.05, 0.1) is 24.3 Å². The summed E-state index contributed by atoms with van der Waals surface area (Å²) >= 11 is 13.6. The van der Waals surface area contributed by atoms with Crippen LogP contribution in [0.4, 0.5) is 11.8 Å². The first-order valence-corrected chi connectivity index (χ1v) is 14.2. The minimum absolute atomic E-state index is 0.0488. The molecule has 9 nitrogen and oxygen atoms in total. The number of halogens is 2. The maximum absolute atomic E-state index is 12.8. The first kappa shape index (κ1) is 30.0. The van der Waals surface area contributed by atoms with Crippen LogP contribution in [-0.4, -0.2) is 92.3 Å². The second-order valence-electron chi connectivity index (χ2n) is 10.6. The van der Waals surface area contributed by atoms with E-state index in [1.165, 1.54) is 0 Å². The highest BCUT2D eigenvalue weighted by atomic mass is 35.5. The maximum Gasteiger partial charge on any atom is 0.246 e. The summed E-state index contributed by atoms with van der Waals surface area (Å²) in [6.45, 7) is 6.70. The molecule has 11 heteroatoms. The lowest BCUT2D eigenvalue weighted by molar-refractivity contribution is -0.127. The number of carbonyl (C=O) groups is 1. The Bertz CT molecular complexity index is 1260. The fourth-order valence-corrected chi connectivity index (χ4v) is 5.77. The number of aromatic nitrogens is 2. The van der Waals surface area contributed by atoms with Crippen molar-refractivity contribution in [3.05, 3.63) is 45.6 Å². The molecule has 0 saturated carbocycles. The monoisotopic (exact) mass is 588 g/mol. The number of hydrogen-bond donors (Lipinski definition) is 1. The predicted molar refractivity (Wildman–Crippen MR) is 163 cm³/mol. The standard InChI is InChI=1S/C29H38Cl2N6O3/c1-18(2)33-29-32-16-19-14-20(25-26(30)22(39-5)15-23(40-6)27(25)31)17-37(28(19)34-29)21-9-12-36(13-10-21)24(38)8-7-11-35(3)4/h7-8,14-16,18,21H,9-13,17H2,1-6H3,(H,32,33,34)/b8-7+. The van der Waals surface area contributed by atoms with Crippen molar-refractivity contribution in [1.82, 2.24) is 19.8 Å². The Kier molecular flexibility index (Phi) is 9.81. The molecule has 0 spiro atoms. The van der Waals surface area contributed by atoms with E-state index < -0.39 is 0 Å². The molecular weight excluding hydrogens is 551 g/mol. The first-order chi connectivity index (χ1) is 19.1. The van der Waals surface area contributed by atoms with Gasteiger partial charge >= 0.3 is 0 Å². The number of benzene rings is 1. The number of rotatable bonds is 9. The van der Waals surface area contributed by atoms with E-state index >= 15 is 0 Å². The molecule has 0 bridgehead atoms. The van der Waals surface area contributed by atoms with Crippen LogP contribution in [0.5, 0.6) is 11.5 Å². The van der Waals surface area contributed by atoms with Crippen molar-refractivity contribution in [1.29, 1.82) is 0 Å². The molecule has 1 amide bonds. The molecule has 2 aromatic rings. The summed E-state index contributed by atoms with van der Waals surface area (Å²) in [5.41, 5.74) is 2.45. The molecule has 1 fully saturated rings. The van der Waals surface area contributed by atoms with Gasteiger partial charge < -0.3 is 29.5 Å². The van der Waals surface area contributed by atoms with Gasteiger partial charge in [0.2, 0.25) is 11.9 Å². The number of anilines is 2. The van der Waals surface area contributed by atoms with Crippen LogP contribution in [0.2, 0.25) is 10.0 Å². The summed E-state index contributed by atoms with van der Waals surface area (Å²) in [6.07, 6.45) is 9.05. The Morgan fingerprint density at radius 3 is 2.40 bits per heavy atom. The van der Waals surface area contributed by atoms with Gasteiger partial charge in [-0.25, -0.2) is 4.98 Å². The van der Waals surface area contributed by atoms with Gasteiger partial charge in [-0.05, 0) is 52.4 Å². The number of nitrogens with zero attached hydrogens (tertiary/aromatic N) is 5. The Morgan fingerprint density at radius 2 is 1.82 bits per heavy atom. The number of methoxy groups -OCH3 is 2. The number of likely N-dealkylation sites (N-methyl/N-ethyl adjacent to an activating group) is 1. The second-order valence-corrected chi connectivity index (χ2v) is 11.3. The molecule has 2 aliphatic rings. The van der Waals surface area contributed by atoms with Crippen LogP contribution in [0, 0.1) is 0 Å². The van der Waals surface area contributed by atoms with E-state index in [2.05, 4.69) is 29.0 Å². The van der Waals surface area contributed by atoms with Crippen LogP contribution in [0.1, 0.15) is 37.8 Å². The molecule has 2 aliphatic heterocycles. The number of nitrogens with one attached hydrogen (secondary N) is 1. The van der Waals surface area contributed by atoms with E-state index in [4.69, 9.17) is 37.7 Å². The van der Waals surface area contributed by atoms with Gasteiger partial charge in [0.15, 0.2) is 0 Å². The third-order valence-electron chi connectivity index (χ3n) is 7.00. The number of fused-ring (bicyclic) bond motifs is 1. The summed E-state index contributed by atoms with van der Waals surface area (Å²) in [5.74, 6) is 2.44. The largest absolute Gasteiger partial charge is 0.495 e. The number of amides is 1. The minimum atomic E-state index is 0.0488. The molecule has 216 valence electrons. The number of ether oxygens (including phenoxy) is 2. The Balaban J connectivity index is 1.67. The highest BCUT2D eigenvalue weighted by Gasteiger charge is 2.33. The lowest BCUT2D eigenvalue weighted by atomic mass is 9.95. The van der Waals surface area contributed by atoms with E-state index in [0.29, 0.717) is 52.7 Å². The van der Waals surface area contributed by atoms with Gasteiger partial charge in [0.1, 0.15) is 17.3 Å². The van der Waals surface area contributed by atoms with E-state index in [0.717, 1.165) is 36.3 Å². The Morgan fingerprint density at radius 1 is 1.18 bits per heavy atom. The average molecular weight is 590 g/mol. The van der Waals surface area contributed by atoms with Crippen LogP contribution in [-0.2, 0) is 4.79 Å². The number of hydrogen-bond acceptors (Lipinski definition) is 8. The second kappa shape index (κ2) is 13.1. The molecule has 40 heavy (non-hydrogen) atoms. The van der Waals surface area contributed by atoms with Gasteiger partial charge in [0.25, 0.3) is 0 Å². The SMILES string of the molecule is COc1cc(OC)c(Cl)c(C2=Cc3cnc(NC(C)C)nc3N(C3CCN(C(=O)/C=C/CN(C)C)CC3)C2)c1Cl. The van der Waals surface area contributed by atoms with Crippen LogP contribution in [0.3, 0.4) is 0 Å². The molecule has 0 atom stereocenters. The molecule has 1 aromatic heterocycles. The van der Waals surface area contributed by atoms with E-state index in [1.54, 1.807) is 26.4 Å². The van der Waals surface area contributed by atoms with Crippen molar-refractivity contribution in [2.75, 3.05) is 64.7 Å². The fourth-order valence-electron chi connectivity index (χ4n) is 5.02. The van der Waals surface area contributed by atoms with Crippen LogP contribution >= 0.6 is 23.2 Å². The van der Waals surface area contributed by atoms with Crippen LogP contribution in [0.25, 0.3) is 11.6 Å². The summed E-state index contributed by atoms with van der Waals surface area (Å²) in [5, 5.41) is 4.16. The number of piperidine rings is 1. The van der Waals surface area contributed by atoms with Gasteiger partial charge in [0, 0.05) is 67.7 Å². The maximum atomic E-state index is 12.8. The average Bonchev–Trinajstić information content (AvgIpc) is 2.92. The van der Waals surface area contributed by atoms with Crippen molar-refractivity contribution in [3.8, 4) is 11.5 Å². The third kappa shape index (κ3) is 6.65. The zero-order valence-corrected chi connectivity index (χ0v) is 25.5. The molecule has 1 N–H and O–H groups in total. The minimum Gasteiger partial charge on any atom is -0.495 e. The molecule has 4 rings (SSSR count). The van der Waals surface area contributed by atoms with E-state index in [1.807, 2.05) is 42.2 Å². The molecule has 0 aliphatic carbocycles. The molecule has 1 saturated heterocycles. The third-order valence-corrected chi connectivity index (χ3v) is 7.75. The Hall–Kier alpha value is -3.01. The topological polar surface area (TPSA) is 83.1 Å². The predicted octanol–water partition coefficient (Wildman–Crippen LogP) is 5.09. The van der Waals surface area contributed by atoms with E-state index in [9.17, 15) is 4.79 Å². The van der Waals surface area contributed by atoms with Gasteiger partial charge in [-0.2, -0.15) is 4.98 Å².